The number of nitrogens with zero attached hydrogens (tertiary/aromatic N) is 1. The van der Waals surface area contributed by atoms with Gasteiger partial charge in [-0.3, -0.25) is 14.8 Å². The molecular weight excluding hydrogens is 402 g/mol. The molecule has 2 amide bonds. The van der Waals surface area contributed by atoms with Gasteiger partial charge in [-0.2, -0.15) is 0 Å². The molecule has 0 aromatic heterocycles. The largest absolute Gasteiger partial charge is 0.409 e. The first-order valence-corrected chi connectivity index (χ1v) is 8.55. The number of halogens is 2. The number of amides is 2. The molecular formula is C19H20F2N4O5. The molecule has 0 aliphatic carbocycles. The standard InChI is InChI=1S/C19H20F2N4O5/c1-19(28,18(20)21)14(17(27)25-30)23-16(26)13-8-4-11(5-9-13)10-2-6-12(7-3-10)15(22)24-29/h2-9,14,18,28-30H,1H3,(H2,22,24)(H,23,26)(H,25,27)/t14-,19+/m1/s1. The number of carbonyl (C=O) groups is 2. The molecule has 0 aliphatic rings. The lowest BCUT2D eigenvalue weighted by Gasteiger charge is -2.30. The van der Waals surface area contributed by atoms with Gasteiger partial charge in [-0.25, -0.2) is 14.3 Å². The van der Waals surface area contributed by atoms with E-state index < -0.39 is 29.9 Å². The fourth-order valence-electron chi connectivity index (χ4n) is 2.59. The van der Waals surface area contributed by atoms with Crippen LogP contribution in [0, 0.1) is 0 Å². The number of hydrogen-bond donors (Lipinski definition) is 6. The van der Waals surface area contributed by atoms with E-state index in [2.05, 4.69) is 5.16 Å². The number of aliphatic hydroxyl groups is 1. The van der Waals surface area contributed by atoms with Crippen molar-refractivity contribution in [3.8, 4) is 11.1 Å². The van der Waals surface area contributed by atoms with Gasteiger partial charge < -0.3 is 21.4 Å². The van der Waals surface area contributed by atoms with E-state index in [0.29, 0.717) is 18.1 Å². The monoisotopic (exact) mass is 422 g/mol. The summed E-state index contributed by atoms with van der Waals surface area (Å²) < 4.78 is 26.1. The molecule has 2 rings (SSSR count). The summed E-state index contributed by atoms with van der Waals surface area (Å²) in [6.45, 7) is 0.666. The molecule has 0 radical (unpaired) electrons. The second kappa shape index (κ2) is 9.29. The summed E-state index contributed by atoms with van der Waals surface area (Å²) in [4.78, 5) is 24.0. The minimum absolute atomic E-state index is 0.0350. The Kier molecular flexibility index (Phi) is 7.03. The number of benzene rings is 2. The highest BCUT2D eigenvalue weighted by Crippen LogP contribution is 2.22. The van der Waals surface area contributed by atoms with Crippen molar-refractivity contribution in [3.63, 3.8) is 0 Å². The van der Waals surface area contributed by atoms with E-state index in [0.717, 1.165) is 11.0 Å². The van der Waals surface area contributed by atoms with Gasteiger partial charge in [0, 0.05) is 11.1 Å². The minimum atomic E-state index is -3.37. The molecule has 160 valence electrons. The fraction of sp³-hybridized carbons (Fsp3) is 0.211. The molecule has 0 heterocycles. The Morgan fingerprint density at radius 2 is 1.50 bits per heavy atom. The molecule has 0 bridgehead atoms. The van der Waals surface area contributed by atoms with Gasteiger partial charge in [-0.1, -0.05) is 41.6 Å². The van der Waals surface area contributed by atoms with Crippen molar-refractivity contribution in [3.05, 3.63) is 59.7 Å². The van der Waals surface area contributed by atoms with Crippen LogP contribution in [0.1, 0.15) is 22.8 Å². The quantitative estimate of drug-likeness (QED) is 0.129. The lowest BCUT2D eigenvalue weighted by molar-refractivity contribution is -0.149. The molecule has 30 heavy (non-hydrogen) atoms. The van der Waals surface area contributed by atoms with Gasteiger partial charge in [0.15, 0.2) is 11.4 Å². The number of oxime groups is 1. The van der Waals surface area contributed by atoms with E-state index in [9.17, 15) is 23.5 Å². The van der Waals surface area contributed by atoms with Gasteiger partial charge in [0.05, 0.1) is 0 Å². The Balaban J connectivity index is 2.20. The first-order chi connectivity index (χ1) is 14.1. The number of nitrogens with two attached hydrogens (primary N) is 1. The van der Waals surface area contributed by atoms with Gasteiger partial charge >= 0.3 is 0 Å². The maximum Gasteiger partial charge on any atom is 0.269 e. The van der Waals surface area contributed by atoms with Crippen LogP contribution >= 0.6 is 0 Å². The van der Waals surface area contributed by atoms with Crippen LogP contribution in [-0.2, 0) is 4.79 Å². The topological polar surface area (TPSA) is 157 Å². The number of hydroxylamine groups is 1. The van der Waals surface area contributed by atoms with Gasteiger partial charge in [-0.05, 0) is 30.2 Å². The van der Waals surface area contributed by atoms with Crippen LogP contribution in [-0.4, -0.2) is 51.2 Å². The van der Waals surface area contributed by atoms with Crippen LogP contribution < -0.4 is 16.5 Å². The van der Waals surface area contributed by atoms with Crippen molar-refractivity contribution in [1.82, 2.24) is 10.8 Å². The summed E-state index contributed by atoms with van der Waals surface area (Å²) in [5.41, 5.74) is 5.76. The van der Waals surface area contributed by atoms with E-state index in [1.807, 2.05) is 5.32 Å². The van der Waals surface area contributed by atoms with Crippen LogP contribution in [0.25, 0.3) is 11.1 Å². The van der Waals surface area contributed by atoms with Crippen LogP contribution in [0.3, 0.4) is 0 Å². The van der Waals surface area contributed by atoms with E-state index >= 15 is 0 Å². The first kappa shape index (κ1) is 22.7. The number of carbonyl (C=O) groups excluding carboxylic acids is 2. The second-order valence-corrected chi connectivity index (χ2v) is 6.55. The zero-order chi connectivity index (χ0) is 22.5. The summed E-state index contributed by atoms with van der Waals surface area (Å²) in [6, 6.07) is 10.6. The molecule has 2 aromatic carbocycles. The van der Waals surface area contributed by atoms with Gasteiger partial charge in [0.1, 0.15) is 6.04 Å². The molecule has 9 nitrogen and oxygen atoms in total. The average Bonchev–Trinajstić information content (AvgIpc) is 2.76. The van der Waals surface area contributed by atoms with E-state index in [-0.39, 0.29) is 11.4 Å². The summed E-state index contributed by atoms with van der Waals surface area (Å²) in [7, 11) is 0. The molecule has 2 aromatic rings. The third-order valence-corrected chi connectivity index (χ3v) is 4.44. The molecule has 0 unspecified atom stereocenters. The van der Waals surface area contributed by atoms with Crippen LogP contribution in [0.5, 0.6) is 0 Å². The smallest absolute Gasteiger partial charge is 0.269 e. The van der Waals surface area contributed by atoms with Gasteiger partial charge in [0.25, 0.3) is 18.2 Å². The number of alkyl halides is 2. The second-order valence-electron chi connectivity index (χ2n) is 6.55. The van der Waals surface area contributed by atoms with Crippen molar-refractivity contribution in [2.24, 2.45) is 10.9 Å². The molecule has 0 aliphatic heterocycles. The number of hydrogen-bond acceptors (Lipinski definition) is 6. The van der Waals surface area contributed by atoms with Crippen molar-refractivity contribution < 1.29 is 33.9 Å². The molecule has 0 saturated carbocycles. The van der Waals surface area contributed by atoms with Crippen molar-refractivity contribution in [2.45, 2.75) is 25.0 Å². The highest BCUT2D eigenvalue weighted by Gasteiger charge is 2.46. The SMILES string of the molecule is C[C@@](O)(C(F)F)[C@H](NC(=O)c1ccc(-c2ccc(C(N)=NO)cc2)cc1)C(=O)NO. The normalized spacial score (nSPS) is 14.7. The molecule has 11 heteroatoms. The maximum absolute atomic E-state index is 13.1. The number of nitrogens with one attached hydrogen (secondary N) is 2. The number of rotatable bonds is 7. The Hall–Kier alpha value is -3.57. The Labute approximate surface area is 169 Å². The zero-order valence-corrected chi connectivity index (χ0v) is 15.7. The predicted molar refractivity (Wildman–Crippen MR) is 102 cm³/mol. The van der Waals surface area contributed by atoms with Crippen LogP contribution in [0.2, 0.25) is 0 Å². The van der Waals surface area contributed by atoms with Gasteiger partial charge in [-0.15, -0.1) is 0 Å². The minimum Gasteiger partial charge on any atom is -0.409 e. The number of amidine groups is 1. The Morgan fingerprint density at radius 1 is 1.03 bits per heavy atom. The van der Waals surface area contributed by atoms with E-state index in [1.54, 1.807) is 36.4 Å². The molecule has 2 atom stereocenters. The predicted octanol–water partition coefficient (Wildman–Crippen LogP) is 1.07. The van der Waals surface area contributed by atoms with E-state index in [1.165, 1.54) is 12.1 Å². The highest BCUT2D eigenvalue weighted by atomic mass is 19.3. The van der Waals surface area contributed by atoms with Crippen LogP contribution in [0.4, 0.5) is 8.78 Å². The summed E-state index contributed by atoms with van der Waals surface area (Å²) in [5, 5.41) is 32.2. The third-order valence-electron chi connectivity index (χ3n) is 4.44. The van der Waals surface area contributed by atoms with Crippen molar-refractivity contribution in [1.29, 1.82) is 0 Å². The van der Waals surface area contributed by atoms with Crippen molar-refractivity contribution >= 4 is 17.6 Å². The zero-order valence-electron chi connectivity index (χ0n) is 15.7. The summed E-state index contributed by atoms with van der Waals surface area (Å²) in [5.74, 6) is -2.34. The van der Waals surface area contributed by atoms with Gasteiger partial charge in [0.2, 0.25) is 0 Å². The maximum atomic E-state index is 13.1. The van der Waals surface area contributed by atoms with E-state index in [4.69, 9.17) is 16.1 Å². The van der Waals surface area contributed by atoms with Crippen molar-refractivity contribution in [2.75, 3.05) is 0 Å². The molecule has 7 N–H and O–H groups in total. The highest BCUT2D eigenvalue weighted by molar-refractivity contribution is 5.98. The lowest BCUT2D eigenvalue weighted by Crippen LogP contribution is -2.61. The Bertz CT molecular complexity index is 931. The molecule has 0 spiro atoms. The average molecular weight is 422 g/mol. The lowest BCUT2D eigenvalue weighted by atomic mass is 9.95. The fourth-order valence-corrected chi connectivity index (χ4v) is 2.59. The summed E-state index contributed by atoms with van der Waals surface area (Å²) in [6.07, 6.45) is -3.37. The molecule has 0 fully saturated rings. The summed E-state index contributed by atoms with van der Waals surface area (Å²) >= 11 is 0. The Morgan fingerprint density at radius 3 is 1.90 bits per heavy atom. The van der Waals surface area contributed by atoms with Crippen LogP contribution in [0.15, 0.2) is 53.7 Å². The first-order valence-electron chi connectivity index (χ1n) is 8.55. The molecule has 0 saturated heterocycles. The third kappa shape index (κ3) is 4.88.